The lowest BCUT2D eigenvalue weighted by molar-refractivity contribution is -0.161. The number of hydrogen-bond donors (Lipinski definition) is 2. The molecule has 48 heavy (non-hydrogen) atoms. The lowest BCUT2D eigenvalue weighted by Crippen LogP contribution is -2.29. The summed E-state index contributed by atoms with van der Waals surface area (Å²) >= 11 is 0. The molecular formula is C38H67O9P. The van der Waals surface area contributed by atoms with Crippen molar-refractivity contribution in [3.63, 3.8) is 0 Å². The minimum absolute atomic E-state index is 0.131. The van der Waals surface area contributed by atoms with E-state index >= 15 is 0 Å². The Morgan fingerprint density at radius 3 is 1.98 bits per heavy atom. The fraction of sp³-hybridized carbons (Fsp3) is 0.789. The molecular weight excluding hydrogens is 631 g/mol. The number of unbranched alkanes of at least 4 members (excludes halogenated alkanes) is 11. The Morgan fingerprint density at radius 2 is 1.31 bits per heavy atom. The predicted molar refractivity (Wildman–Crippen MR) is 192 cm³/mol. The highest BCUT2D eigenvalue weighted by Gasteiger charge is 2.36. The molecule has 0 amide bonds. The van der Waals surface area contributed by atoms with Gasteiger partial charge >= 0.3 is 19.8 Å². The molecule has 4 atom stereocenters. The van der Waals surface area contributed by atoms with Gasteiger partial charge in [-0.15, -0.1) is 0 Å². The van der Waals surface area contributed by atoms with Crippen LogP contribution in [0.1, 0.15) is 156 Å². The second-order valence-corrected chi connectivity index (χ2v) is 14.4. The van der Waals surface area contributed by atoms with E-state index in [1.807, 2.05) is 6.08 Å². The lowest BCUT2D eigenvalue weighted by atomic mass is 9.99. The van der Waals surface area contributed by atoms with Gasteiger partial charge in [0.25, 0.3) is 0 Å². The second kappa shape index (κ2) is 29.0. The summed E-state index contributed by atoms with van der Waals surface area (Å²) in [4.78, 5) is 42.7. The number of carbonyl (C=O) groups excluding carboxylic acids is 2. The van der Waals surface area contributed by atoms with Gasteiger partial charge in [-0.2, -0.15) is 0 Å². The highest BCUT2D eigenvalue weighted by atomic mass is 31.2. The molecule has 0 aromatic rings. The van der Waals surface area contributed by atoms with Crippen LogP contribution in [-0.2, 0) is 32.9 Å². The predicted octanol–water partition coefficient (Wildman–Crippen LogP) is 9.85. The smallest absolute Gasteiger partial charge is 0.462 e. The summed E-state index contributed by atoms with van der Waals surface area (Å²) in [6.07, 6.45) is 33.3. The molecule has 1 saturated heterocycles. The summed E-state index contributed by atoms with van der Waals surface area (Å²) in [5, 5.41) is 0. The van der Waals surface area contributed by atoms with Crippen molar-refractivity contribution in [2.24, 2.45) is 5.92 Å². The van der Waals surface area contributed by atoms with E-state index < -0.39 is 32.5 Å². The van der Waals surface area contributed by atoms with E-state index in [1.54, 1.807) is 0 Å². The van der Waals surface area contributed by atoms with Crippen molar-refractivity contribution >= 4 is 19.8 Å². The minimum atomic E-state index is -4.77. The molecule has 1 fully saturated rings. The zero-order chi connectivity index (χ0) is 35.3. The average molecular weight is 699 g/mol. The van der Waals surface area contributed by atoms with Crippen molar-refractivity contribution in [3.8, 4) is 0 Å². The monoisotopic (exact) mass is 698 g/mol. The van der Waals surface area contributed by atoms with E-state index in [4.69, 9.17) is 24.0 Å². The van der Waals surface area contributed by atoms with E-state index in [-0.39, 0.29) is 19.4 Å². The van der Waals surface area contributed by atoms with Gasteiger partial charge in [-0.3, -0.25) is 14.1 Å². The van der Waals surface area contributed by atoms with Crippen LogP contribution >= 0.6 is 7.82 Å². The van der Waals surface area contributed by atoms with E-state index in [9.17, 15) is 14.2 Å². The molecule has 0 aliphatic carbocycles. The fourth-order valence-corrected chi connectivity index (χ4v) is 5.62. The Kier molecular flexibility index (Phi) is 26.7. The van der Waals surface area contributed by atoms with Crippen LogP contribution in [0.15, 0.2) is 36.5 Å². The van der Waals surface area contributed by atoms with Crippen molar-refractivity contribution < 1.29 is 42.7 Å². The van der Waals surface area contributed by atoms with Gasteiger partial charge in [-0.25, -0.2) is 4.57 Å². The number of epoxide rings is 1. The first-order chi connectivity index (χ1) is 23.1. The molecule has 1 heterocycles. The number of hydrogen-bond acceptors (Lipinski definition) is 7. The number of rotatable bonds is 32. The van der Waals surface area contributed by atoms with Crippen LogP contribution < -0.4 is 0 Å². The van der Waals surface area contributed by atoms with E-state index in [0.717, 1.165) is 50.9 Å². The maximum absolute atomic E-state index is 12.4. The molecule has 0 saturated carbocycles. The summed E-state index contributed by atoms with van der Waals surface area (Å²) in [6, 6.07) is 0. The number of esters is 2. The summed E-state index contributed by atoms with van der Waals surface area (Å²) in [5.41, 5.74) is 0. The Bertz CT molecular complexity index is 958. The average Bonchev–Trinajstić information content (AvgIpc) is 3.81. The highest BCUT2D eigenvalue weighted by Crippen LogP contribution is 2.36. The molecule has 0 spiro atoms. The Balaban J connectivity index is 2.15. The van der Waals surface area contributed by atoms with Crippen LogP contribution in [0.2, 0.25) is 0 Å². The molecule has 0 aromatic carbocycles. The zero-order valence-corrected chi connectivity index (χ0v) is 31.1. The van der Waals surface area contributed by atoms with Gasteiger partial charge in [0, 0.05) is 12.8 Å². The molecule has 10 heteroatoms. The molecule has 278 valence electrons. The Labute approximate surface area is 291 Å². The van der Waals surface area contributed by atoms with Gasteiger partial charge in [-0.1, -0.05) is 128 Å². The van der Waals surface area contributed by atoms with Gasteiger partial charge in [-0.05, 0) is 57.3 Å². The molecule has 3 unspecified atom stereocenters. The summed E-state index contributed by atoms with van der Waals surface area (Å²) in [5.74, 6) is -0.138. The van der Waals surface area contributed by atoms with Crippen molar-refractivity contribution in [3.05, 3.63) is 36.5 Å². The zero-order valence-electron chi connectivity index (χ0n) is 30.2. The highest BCUT2D eigenvalue weighted by molar-refractivity contribution is 7.46. The SMILES string of the molecule is CCCCC/C=C\CC1OC1C/C=C\C/C=C\CCCC(=O)O[C@H](COC(=O)CCCCCCCCCCC(C)CC)COP(=O)(O)O. The van der Waals surface area contributed by atoms with E-state index in [1.165, 1.54) is 57.8 Å². The molecule has 0 bridgehead atoms. The normalized spacial score (nSPS) is 17.8. The summed E-state index contributed by atoms with van der Waals surface area (Å²) < 4.78 is 32.0. The third-order valence-corrected chi connectivity index (χ3v) is 9.09. The first-order valence-corrected chi connectivity index (χ1v) is 20.3. The molecule has 1 aliphatic rings. The molecule has 0 aromatic heterocycles. The Hall–Kier alpha value is -1.77. The minimum Gasteiger partial charge on any atom is -0.462 e. The lowest BCUT2D eigenvalue weighted by Gasteiger charge is -2.18. The van der Waals surface area contributed by atoms with Gasteiger partial charge < -0.3 is 24.0 Å². The van der Waals surface area contributed by atoms with Crippen LogP contribution in [0.4, 0.5) is 0 Å². The van der Waals surface area contributed by atoms with Gasteiger partial charge in [0.15, 0.2) is 6.10 Å². The molecule has 2 N–H and O–H groups in total. The Morgan fingerprint density at radius 1 is 0.729 bits per heavy atom. The first kappa shape index (κ1) is 44.3. The van der Waals surface area contributed by atoms with Crippen LogP contribution in [0.5, 0.6) is 0 Å². The van der Waals surface area contributed by atoms with Crippen LogP contribution in [0, 0.1) is 5.92 Å². The summed E-state index contributed by atoms with van der Waals surface area (Å²) in [6.45, 7) is 5.90. The van der Waals surface area contributed by atoms with Gasteiger partial charge in [0.2, 0.25) is 0 Å². The number of carbonyl (C=O) groups is 2. The number of allylic oxidation sites excluding steroid dienone is 4. The van der Waals surface area contributed by atoms with Crippen molar-refractivity contribution in [2.75, 3.05) is 13.2 Å². The van der Waals surface area contributed by atoms with Gasteiger partial charge in [0.1, 0.15) is 6.61 Å². The van der Waals surface area contributed by atoms with Crippen molar-refractivity contribution in [2.45, 2.75) is 174 Å². The standard InChI is InChI=1S/C38H67O9P/c1-4-6-7-8-17-22-27-35-36(47-35)28-23-18-13-11-15-20-25-30-38(40)46-34(32-45-48(41,42)43)31-44-37(39)29-24-19-14-10-9-12-16-21-26-33(3)5-2/h11,15,17-18,22-23,33-36H,4-10,12-14,16,19-21,24-32H2,1-3H3,(H2,41,42,43)/b15-11-,22-17-,23-18-/t33?,34-,35?,36?/m1/s1. The third-order valence-electron chi connectivity index (χ3n) is 8.60. The van der Waals surface area contributed by atoms with Gasteiger partial charge in [0.05, 0.1) is 18.8 Å². The van der Waals surface area contributed by atoms with E-state index in [2.05, 4.69) is 55.7 Å². The van der Waals surface area contributed by atoms with Crippen LogP contribution in [0.3, 0.4) is 0 Å². The second-order valence-electron chi connectivity index (χ2n) is 13.2. The number of phosphoric acid groups is 1. The maximum atomic E-state index is 12.4. The topological polar surface area (TPSA) is 132 Å². The molecule has 1 aliphatic heterocycles. The molecule has 1 rings (SSSR count). The fourth-order valence-electron chi connectivity index (χ4n) is 5.26. The maximum Gasteiger partial charge on any atom is 0.469 e. The van der Waals surface area contributed by atoms with Crippen LogP contribution in [0.25, 0.3) is 0 Å². The third kappa shape index (κ3) is 28.1. The molecule has 9 nitrogen and oxygen atoms in total. The first-order valence-electron chi connectivity index (χ1n) is 18.8. The van der Waals surface area contributed by atoms with E-state index in [0.29, 0.717) is 31.5 Å². The quantitative estimate of drug-likeness (QED) is 0.0232. The number of phosphoric ester groups is 1. The largest absolute Gasteiger partial charge is 0.469 e. The number of ether oxygens (including phenoxy) is 3. The summed E-state index contributed by atoms with van der Waals surface area (Å²) in [7, 11) is -4.77. The molecule has 0 radical (unpaired) electrons. The van der Waals surface area contributed by atoms with Crippen molar-refractivity contribution in [1.82, 2.24) is 0 Å². The van der Waals surface area contributed by atoms with Crippen LogP contribution in [-0.4, -0.2) is 53.3 Å². The van der Waals surface area contributed by atoms with Crippen molar-refractivity contribution in [1.29, 1.82) is 0 Å².